The van der Waals surface area contributed by atoms with Crippen LogP contribution in [0.5, 0.6) is 0 Å². The first-order chi connectivity index (χ1) is 10.2. The van der Waals surface area contributed by atoms with Gasteiger partial charge in [-0.15, -0.1) is 11.3 Å². The van der Waals surface area contributed by atoms with Gasteiger partial charge in [-0.25, -0.2) is 4.98 Å². The Labute approximate surface area is 129 Å². The highest BCUT2D eigenvalue weighted by Crippen LogP contribution is 2.16. The average Bonchev–Trinajstić information content (AvgIpc) is 2.95. The van der Waals surface area contributed by atoms with E-state index < -0.39 is 0 Å². The smallest absolute Gasteiger partial charge is 0.265 e. The molecule has 0 saturated carbocycles. The van der Waals surface area contributed by atoms with Crippen LogP contribution in [0.4, 0.5) is 0 Å². The summed E-state index contributed by atoms with van der Waals surface area (Å²) in [6.45, 7) is 6.34. The van der Waals surface area contributed by atoms with Gasteiger partial charge in [-0.2, -0.15) is 0 Å². The summed E-state index contributed by atoms with van der Waals surface area (Å²) in [4.78, 5) is 21.6. The summed E-state index contributed by atoms with van der Waals surface area (Å²) in [5.41, 5.74) is 1.33. The van der Waals surface area contributed by atoms with Crippen LogP contribution in [-0.4, -0.2) is 46.9 Å². The molecule has 5 heteroatoms. The maximum absolute atomic E-state index is 12.4. The molecule has 21 heavy (non-hydrogen) atoms. The molecule has 0 spiro atoms. The van der Waals surface area contributed by atoms with E-state index in [0.717, 1.165) is 42.6 Å². The Kier molecular flexibility index (Phi) is 4.31. The fraction of sp³-hybridized carbons (Fsp3) is 0.375. The predicted octanol–water partition coefficient (Wildman–Crippen LogP) is 2.41. The molecule has 2 heterocycles. The number of thiazole rings is 1. The van der Waals surface area contributed by atoms with E-state index in [1.807, 2.05) is 17.9 Å². The SMILES string of the molecule is Cc1ncc(C(=O)N2CCN(Cc3ccccc3)CC2)s1. The lowest BCUT2D eigenvalue weighted by Crippen LogP contribution is -2.48. The monoisotopic (exact) mass is 301 g/mol. The maximum Gasteiger partial charge on any atom is 0.265 e. The van der Waals surface area contributed by atoms with E-state index in [2.05, 4.69) is 34.1 Å². The minimum Gasteiger partial charge on any atom is -0.335 e. The molecule has 1 aliphatic rings. The van der Waals surface area contributed by atoms with Crippen molar-refractivity contribution in [3.63, 3.8) is 0 Å². The summed E-state index contributed by atoms with van der Waals surface area (Å²) in [6.07, 6.45) is 1.69. The number of hydrogen-bond acceptors (Lipinski definition) is 4. The zero-order valence-corrected chi connectivity index (χ0v) is 13.0. The van der Waals surface area contributed by atoms with Crippen molar-refractivity contribution in [3.8, 4) is 0 Å². The summed E-state index contributed by atoms with van der Waals surface area (Å²) in [6, 6.07) is 10.5. The maximum atomic E-state index is 12.4. The van der Waals surface area contributed by atoms with E-state index in [1.54, 1.807) is 6.20 Å². The molecule has 2 aromatic rings. The van der Waals surface area contributed by atoms with Crippen LogP contribution in [0.1, 0.15) is 20.2 Å². The Morgan fingerprint density at radius 3 is 2.52 bits per heavy atom. The Morgan fingerprint density at radius 1 is 1.19 bits per heavy atom. The largest absolute Gasteiger partial charge is 0.335 e. The molecule has 0 bridgehead atoms. The van der Waals surface area contributed by atoms with Gasteiger partial charge >= 0.3 is 0 Å². The van der Waals surface area contributed by atoms with E-state index in [4.69, 9.17) is 0 Å². The van der Waals surface area contributed by atoms with Crippen molar-refractivity contribution in [2.75, 3.05) is 26.2 Å². The van der Waals surface area contributed by atoms with Gasteiger partial charge in [0.25, 0.3) is 5.91 Å². The van der Waals surface area contributed by atoms with Crippen LogP contribution < -0.4 is 0 Å². The minimum absolute atomic E-state index is 0.125. The van der Waals surface area contributed by atoms with E-state index in [9.17, 15) is 4.79 Å². The molecule has 3 rings (SSSR count). The molecule has 0 unspecified atom stereocenters. The quantitative estimate of drug-likeness (QED) is 0.873. The zero-order valence-electron chi connectivity index (χ0n) is 12.2. The lowest BCUT2D eigenvalue weighted by atomic mass is 10.2. The fourth-order valence-corrected chi connectivity index (χ4v) is 3.31. The molecule has 1 fully saturated rings. The summed E-state index contributed by atoms with van der Waals surface area (Å²) in [5, 5.41) is 0.945. The van der Waals surface area contributed by atoms with Crippen LogP contribution in [0.2, 0.25) is 0 Å². The van der Waals surface area contributed by atoms with E-state index in [0.29, 0.717) is 0 Å². The van der Waals surface area contributed by atoms with Gasteiger partial charge in [-0.3, -0.25) is 9.69 Å². The molecule has 4 nitrogen and oxygen atoms in total. The topological polar surface area (TPSA) is 36.4 Å². The lowest BCUT2D eigenvalue weighted by Gasteiger charge is -2.34. The van der Waals surface area contributed by atoms with Crippen molar-refractivity contribution >= 4 is 17.2 Å². The van der Waals surface area contributed by atoms with Gasteiger partial charge in [0.15, 0.2) is 0 Å². The number of carbonyl (C=O) groups excluding carboxylic acids is 1. The van der Waals surface area contributed by atoms with Gasteiger partial charge in [0, 0.05) is 32.7 Å². The van der Waals surface area contributed by atoms with Crippen LogP contribution in [0.3, 0.4) is 0 Å². The predicted molar refractivity (Wildman–Crippen MR) is 84.5 cm³/mol. The first kappa shape index (κ1) is 14.2. The van der Waals surface area contributed by atoms with Crippen LogP contribution >= 0.6 is 11.3 Å². The first-order valence-corrected chi connectivity index (χ1v) is 8.02. The first-order valence-electron chi connectivity index (χ1n) is 7.20. The minimum atomic E-state index is 0.125. The third-order valence-electron chi connectivity index (χ3n) is 3.74. The second kappa shape index (κ2) is 6.37. The van der Waals surface area contributed by atoms with Gasteiger partial charge in [-0.1, -0.05) is 30.3 Å². The number of piperazine rings is 1. The molecular weight excluding hydrogens is 282 g/mol. The summed E-state index contributed by atoms with van der Waals surface area (Å²) in [7, 11) is 0. The number of aryl methyl sites for hydroxylation is 1. The van der Waals surface area contributed by atoms with E-state index in [-0.39, 0.29) is 5.91 Å². The van der Waals surface area contributed by atoms with Crippen molar-refractivity contribution in [3.05, 3.63) is 52.0 Å². The normalized spacial score (nSPS) is 16.1. The van der Waals surface area contributed by atoms with Crippen LogP contribution in [0.25, 0.3) is 0 Å². The van der Waals surface area contributed by atoms with Crippen LogP contribution in [-0.2, 0) is 6.54 Å². The third-order valence-corrected chi connectivity index (χ3v) is 4.64. The van der Waals surface area contributed by atoms with Gasteiger partial charge in [-0.05, 0) is 12.5 Å². The number of hydrogen-bond donors (Lipinski definition) is 0. The molecule has 1 aromatic carbocycles. The van der Waals surface area contributed by atoms with Gasteiger partial charge in [0.1, 0.15) is 4.88 Å². The summed E-state index contributed by atoms with van der Waals surface area (Å²) in [5.74, 6) is 0.125. The molecule has 1 amide bonds. The molecule has 1 aliphatic heterocycles. The average molecular weight is 301 g/mol. The number of carbonyl (C=O) groups is 1. The molecule has 0 radical (unpaired) electrons. The number of rotatable bonds is 3. The molecular formula is C16H19N3OS. The Morgan fingerprint density at radius 2 is 1.90 bits per heavy atom. The van der Waals surface area contributed by atoms with Crippen molar-refractivity contribution in [2.45, 2.75) is 13.5 Å². The Hall–Kier alpha value is -1.72. The zero-order chi connectivity index (χ0) is 14.7. The molecule has 1 saturated heterocycles. The van der Waals surface area contributed by atoms with Crippen LogP contribution in [0.15, 0.2) is 36.5 Å². The van der Waals surface area contributed by atoms with Crippen molar-refractivity contribution in [1.82, 2.24) is 14.8 Å². The van der Waals surface area contributed by atoms with E-state index >= 15 is 0 Å². The highest BCUT2D eigenvalue weighted by Gasteiger charge is 2.23. The van der Waals surface area contributed by atoms with Crippen molar-refractivity contribution in [2.24, 2.45) is 0 Å². The van der Waals surface area contributed by atoms with Gasteiger partial charge < -0.3 is 4.90 Å². The number of aromatic nitrogens is 1. The van der Waals surface area contributed by atoms with Crippen molar-refractivity contribution in [1.29, 1.82) is 0 Å². The summed E-state index contributed by atoms with van der Waals surface area (Å²) >= 11 is 1.48. The molecule has 110 valence electrons. The molecule has 0 aliphatic carbocycles. The van der Waals surface area contributed by atoms with E-state index in [1.165, 1.54) is 16.9 Å². The summed E-state index contributed by atoms with van der Waals surface area (Å²) < 4.78 is 0. The third kappa shape index (κ3) is 3.49. The number of amides is 1. The Balaban J connectivity index is 1.54. The molecule has 0 N–H and O–H groups in total. The lowest BCUT2D eigenvalue weighted by molar-refractivity contribution is 0.0633. The fourth-order valence-electron chi connectivity index (χ4n) is 2.57. The second-order valence-electron chi connectivity index (χ2n) is 5.30. The molecule has 1 aromatic heterocycles. The van der Waals surface area contributed by atoms with Crippen LogP contribution in [0, 0.1) is 6.92 Å². The highest BCUT2D eigenvalue weighted by molar-refractivity contribution is 7.13. The number of benzene rings is 1. The number of nitrogens with zero attached hydrogens (tertiary/aromatic N) is 3. The Bertz CT molecular complexity index is 603. The standard InChI is InChI=1S/C16H19N3OS/c1-13-17-11-15(21-13)16(20)19-9-7-18(8-10-19)12-14-5-3-2-4-6-14/h2-6,11H,7-10,12H2,1H3. The van der Waals surface area contributed by atoms with Gasteiger partial charge in [0.05, 0.1) is 11.2 Å². The second-order valence-corrected chi connectivity index (χ2v) is 6.53. The highest BCUT2D eigenvalue weighted by atomic mass is 32.1. The van der Waals surface area contributed by atoms with Gasteiger partial charge in [0.2, 0.25) is 0 Å². The molecule has 0 atom stereocenters. The van der Waals surface area contributed by atoms with Crippen molar-refractivity contribution < 1.29 is 4.79 Å².